The van der Waals surface area contributed by atoms with Gasteiger partial charge in [-0.25, -0.2) is 4.79 Å². The van der Waals surface area contributed by atoms with Crippen LogP contribution in [0.5, 0.6) is 0 Å². The highest BCUT2D eigenvalue weighted by molar-refractivity contribution is 6.30. The zero-order chi connectivity index (χ0) is 22.2. The summed E-state index contributed by atoms with van der Waals surface area (Å²) in [5.74, 6) is 0.651. The van der Waals surface area contributed by atoms with E-state index >= 15 is 0 Å². The second-order valence-corrected chi connectivity index (χ2v) is 8.23. The predicted octanol–water partition coefficient (Wildman–Crippen LogP) is 3.81. The molecule has 0 N–H and O–H groups in total. The number of aryl methyl sites for hydroxylation is 2. The Labute approximate surface area is 189 Å². The van der Waals surface area contributed by atoms with Crippen molar-refractivity contribution in [2.75, 3.05) is 11.4 Å². The zero-order valence-corrected chi connectivity index (χ0v) is 18.4. The summed E-state index contributed by atoms with van der Waals surface area (Å²) in [6, 6.07) is 17.3. The quantitative estimate of drug-likeness (QED) is 0.477. The van der Waals surface area contributed by atoms with E-state index in [1.54, 1.807) is 7.05 Å². The van der Waals surface area contributed by atoms with E-state index in [1.165, 1.54) is 9.13 Å². The molecule has 8 heteroatoms. The third-order valence-electron chi connectivity index (χ3n) is 5.73. The number of nitrogens with zero attached hydrogens (tertiary/aromatic N) is 5. The molecule has 0 saturated carbocycles. The number of halogens is 1. The first-order chi connectivity index (χ1) is 15.5. The van der Waals surface area contributed by atoms with Crippen LogP contribution >= 0.6 is 11.6 Å². The standard InChI is InChI=1S/C24H22ClN5O2/c1-27-21-20(22(31)30(24(27)32)13-6-10-17-8-3-2-4-9-17)29-15-7-14-28(23(29)26-21)19-12-5-11-18(25)16-19/h2-6,8-12,16H,7,13-15H2,1H3/b10-6-. The van der Waals surface area contributed by atoms with E-state index in [9.17, 15) is 9.59 Å². The molecule has 162 valence electrons. The minimum atomic E-state index is -0.384. The molecular weight excluding hydrogens is 426 g/mol. The van der Waals surface area contributed by atoms with E-state index < -0.39 is 0 Å². The van der Waals surface area contributed by atoms with Gasteiger partial charge in [0.1, 0.15) is 0 Å². The van der Waals surface area contributed by atoms with Gasteiger partial charge in [-0.2, -0.15) is 4.98 Å². The summed E-state index contributed by atoms with van der Waals surface area (Å²) in [5, 5.41) is 0.635. The molecule has 0 aliphatic carbocycles. The summed E-state index contributed by atoms with van der Waals surface area (Å²) in [5.41, 5.74) is 2.05. The van der Waals surface area contributed by atoms with Crippen LogP contribution in [0.4, 0.5) is 11.6 Å². The van der Waals surface area contributed by atoms with Crippen molar-refractivity contribution in [2.24, 2.45) is 7.05 Å². The van der Waals surface area contributed by atoms with Gasteiger partial charge in [0.15, 0.2) is 11.2 Å². The van der Waals surface area contributed by atoms with Crippen molar-refractivity contribution in [2.45, 2.75) is 19.5 Å². The van der Waals surface area contributed by atoms with E-state index in [-0.39, 0.29) is 17.8 Å². The molecule has 3 heterocycles. The number of anilines is 2. The van der Waals surface area contributed by atoms with Gasteiger partial charge in [-0.05, 0) is 30.2 Å². The Morgan fingerprint density at radius 1 is 1.06 bits per heavy atom. The highest BCUT2D eigenvalue weighted by atomic mass is 35.5. The maximum atomic E-state index is 13.4. The zero-order valence-electron chi connectivity index (χ0n) is 17.6. The van der Waals surface area contributed by atoms with E-state index in [0.717, 1.165) is 24.2 Å². The Balaban J connectivity index is 1.61. The summed E-state index contributed by atoms with van der Waals surface area (Å²) >= 11 is 6.20. The summed E-state index contributed by atoms with van der Waals surface area (Å²) in [7, 11) is 1.66. The Kier molecular flexibility index (Phi) is 5.19. The largest absolute Gasteiger partial charge is 0.332 e. The Bertz CT molecular complexity index is 1450. The third kappa shape index (κ3) is 3.44. The summed E-state index contributed by atoms with van der Waals surface area (Å²) in [6.45, 7) is 1.61. The summed E-state index contributed by atoms with van der Waals surface area (Å²) in [6.07, 6.45) is 4.58. The van der Waals surface area contributed by atoms with Crippen LogP contribution in [0.1, 0.15) is 12.0 Å². The smallest absolute Gasteiger partial charge is 0.312 e. The normalized spacial score (nSPS) is 13.8. The number of aromatic nitrogens is 4. The van der Waals surface area contributed by atoms with Gasteiger partial charge < -0.3 is 9.47 Å². The van der Waals surface area contributed by atoms with Gasteiger partial charge in [0.2, 0.25) is 5.95 Å². The van der Waals surface area contributed by atoms with Crippen LogP contribution in [-0.2, 0) is 20.1 Å². The van der Waals surface area contributed by atoms with Gasteiger partial charge in [0.25, 0.3) is 5.56 Å². The van der Waals surface area contributed by atoms with Crippen LogP contribution in [0.15, 0.2) is 70.3 Å². The van der Waals surface area contributed by atoms with Crippen molar-refractivity contribution in [1.29, 1.82) is 0 Å². The van der Waals surface area contributed by atoms with Crippen LogP contribution in [0.25, 0.3) is 17.2 Å². The van der Waals surface area contributed by atoms with Gasteiger partial charge in [0, 0.05) is 37.4 Å². The molecule has 0 spiro atoms. The van der Waals surface area contributed by atoms with Gasteiger partial charge in [-0.1, -0.05) is 60.2 Å². The highest BCUT2D eigenvalue weighted by Gasteiger charge is 2.26. The second-order valence-electron chi connectivity index (χ2n) is 7.79. The first kappa shape index (κ1) is 20.3. The van der Waals surface area contributed by atoms with E-state index in [4.69, 9.17) is 16.6 Å². The molecule has 1 aliphatic heterocycles. The van der Waals surface area contributed by atoms with Crippen LogP contribution in [0.3, 0.4) is 0 Å². The van der Waals surface area contributed by atoms with Gasteiger partial charge in [-0.15, -0.1) is 0 Å². The maximum absolute atomic E-state index is 13.4. The van der Waals surface area contributed by atoms with Crippen LogP contribution < -0.4 is 16.1 Å². The van der Waals surface area contributed by atoms with Crippen LogP contribution in [0, 0.1) is 0 Å². The number of fused-ring (bicyclic) bond motifs is 3. The molecule has 7 nitrogen and oxygen atoms in total. The number of hydrogen-bond donors (Lipinski definition) is 0. The van der Waals surface area contributed by atoms with Crippen molar-refractivity contribution < 1.29 is 0 Å². The predicted molar refractivity (Wildman–Crippen MR) is 128 cm³/mol. The lowest BCUT2D eigenvalue weighted by molar-refractivity contribution is 0.598. The van der Waals surface area contributed by atoms with E-state index in [1.807, 2.05) is 76.2 Å². The van der Waals surface area contributed by atoms with E-state index in [0.29, 0.717) is 28.7 Å². The van der Waals surface area contributed by atoms with Crippen molar-refractivity contribution in [3.63, 3.8) is 0 Å². The monoisotopic (exact) mass is 447 g/mol. The second kappa shape index (κ2) is 8.16. The minimum absolute atomic E-state index is 0.189. The molecule has 0 bridgehead atoms. The first-order valence-corrected chi connectivity index (χ1v) is 10.9. The third-order valence-corrected chi connectivity index (χ3v) is 5.97. The van der Waals surface area contributed by atoms with Crippen molar-refractivity contribution in [3.8, 4) is 0 Å². The topological polar surface area (TPSA) is 65.1 Å². The molecule has 0 atom stereocenters. The molecule has 0 unspecified atom stereocenters. The molecule has 0 saturated heterocycles. The van der Waals surface area contributed by atoms with Gasteiger partial charge in [0.05, 0.1) is 0 Å². The van der Waals surface area contributed by atoms with Gasteiger partial charge >= 0.3 is 5.69 Å². The molecule has 4 aromatic rings. The van der Waals surface area contributed by atoms with Crippen molar-refractivity contribution in [1.82, 2.24) is 18.7 Å². The molecule has 0 amide bonds. The molecule has 0 fully saturated rings. The average Bonchev–Trinajstić information content (AvgIpc) is 3.20. The first-order valence-electron chi connectivity index (χ1n) is 10.5. The minimum Gasteiger partial charge on any atom is -0.312 e. The molecule has 0 radical (unpaired) electrons. The number of rotatable bonds is 4. The summed E-state index contributed by atoms with van der Waals surface area (Å²) < 4.78 is 4.63. The number of benzene rings is 2. The number of imidazole rings is 1. The fraction of sp³-hybridized carbons (Fsp3) is 0.208. The van der Waals surface area contributed by atoms with Crippen LogP contribution in [-0.4, -0.2) is 25.2 Å². The Hall–Kier alpha value is -3.58. The van der Waals surface area contributed by atoms with E-state index in [2.05, 4.69) is 0 Å². The lowest BCUT2D eigenvalue weighted by Crippen LogP contribution is -2.39. The summed E-state index contributed by atoms with van der Waals surface area (Å²) in [4.78, 5) is 33.1. The maximum Gasteiger partial charge on any atom is 0.332 e. The fourth-order valence-electron chi connectivity index (χ4n) is 4.17. The Morgan fingerprint density at radius 2 is 1.88 bits per heavy atom. The fourth-order valence-corrected chi connectivity index (χ4v) is 4.36. The SMILES string of the molecule is Cn1c(=O)n(C/C=C\c2ccccc2)c(=O)c2c1nc1n2CCCN1c1cccc(Cl)c1. The van der Waals surface area contributed by atoms with Crippen molar-refractivity contribution in [3.05, 3.63) is 92.1 Å². The molecule has 1 aliphatic rings. The molecule has 2 aromatic carbocycles. The number of allylic oxidation sites excluding steroid dienone is 1. The van der Waals surface area contributed by atoms with Gasteiger partial charge in [-0.3, -0.25) is 13.9 Å². The highest BCUT2D eigenvalue weighted by Crippen LogP contribution is 2.32. The average molecular weight is 448 g/mol. The molecule has 2 aromatic heterocycles. The lowest BCUT2D eigenvalue weighted by atomic mass is 10.2. The lowest BCUT2D eigenvalue weighted by Gasteiger charge is -2.29. The molecule has 32 heavy (non-hydrogen) atoms. The van der Waals surface area contributed by atoms with Crippen molar-refractivity contribution >= 4 is 40.5 Å². The Morgan fingerprint density at radius 3 is 2.66 bits per heavy atom. The molecule has 5 rings (SSSR count). The number of hydrogen-bond acceptors (Lipinski definition) is 4. The molecular formula is C24H22ClN5O2. The van der Waals surface area contributed by atoms with Crippen LogP contribution in [0.2, 0.25) is 5.02 Å².